The second-order valence-electron chi connectivity index (χ2n) is 7.15. The van der Waals surface area contributed by atoms with Crippen LogP contribution in [0.3, 0.4) is 0 Å². The molecule has 0 N–H and O–H groups in total. The number of carbonyl (C=O) groups is 2. The highest BCUT2D eigenvalue weighted by atomic mass is 19.1. The minimum atomic E-state index is -0.625. The number of hydrogen-bond acceptors (Lipinski definition) is 4. The minimum Gasteiger partial charge on any atom is -0.460 e. The second-order valence-corrected chi connectivity index (χ2v) is 7.15. The topological polar surface area (TPSA) is 59.5 Å². The van der Waals surface area contributed by atoms with Gasteiger partial charge in [0.15, 0.2) is 0 Å². The Morgan fingerprint density at radius 2 is 2.00 bits per heavy atom. The third kappa shape index (κ3) is 4.74. The summed E-state index contributed by atoms with van der Waals surface area (Å²) < 4.78 is 18.3. The quantitative estimate of drug-likeness (QED) is 0.620. The van der Waals surface area contributed by atoms with Crippen molar-refractivity contribution in [3.63, 3.8) is 0 Å². The normalized spacial score (nSPS) is 21.9. The third-order valence-electron chi connectivity index (χ3n) is 3.66. The van der Waals surface area contributed by atoms with E-state index in [9.17, 15) is 14.0 Å². The standard InChI is InChI=1S/C17H23FN2O3/c1-11-7-13(16(22)23-17(2,3)4)10-20(9-11)15(21)12-5-6-14(18)19-8-12/h5-6,8,11,13H,7,9-10H2,1-4H3. The number of pyridine rings is 1. The summed E-state index contributed by atoms with van der Waals surface area (Å²) in [5.74, 6) is -1.29. The fraction of sp³-hybridized carbons (Fsp3) is 0.588. The summed E-state index contributed by atoms with van der Waals surface area (Å²) in [6.45, 7) is 8.35. The molecule has 0 radical (unpaired) electrons. The van der Waals surface area contributed by atoms with Gasteiger partial charge in [-0.2, -0.15) is 4.39 Å². The molecule has 1 aliphatic rings. The van der Waals surface area contributed by atoms with Crippen LogP contribution < -0.4 is 0 Å². The van der Waals surface area contributed by atoms with Gasteiger partial charge in [-0.15, -0.1) is 0 Å². The first-order chi connectivity index (χ1) is 10.7. The molecule has 1 aliphatic heterocycles. The Labute approximate surface area is 135 Å². The van der Waals surface area contributed by atoms with Crippen LogP contribution in [0.25, 0.3) is 0 Å². The number of rotatable bonds is 2. The molecule has 2 unspecified atom stereocenters. The van der Waals surface area contributed by atoms with Crippen molar-refractivity contribution in [2.45, 2.75) is 39.7 Å². The zero-order chi connectivity index (χ0) is 17.2. The summed E-state index contributed by atoms with van der Waals surface area (Å²) in [6.07, 6.45) is 1.92. The molecule has 2 heterocycles. The molecule has 6 heteroatoms. The fourth-order valence-corrected chi connectivity index (χ4v) is 2.76. The van der Waals surface area contributed by atoms with Crippen molar-refractivity contribution < 1.29 is 18.7 Å². The van der Waals surface area contributed by atoms with Crippen LogP contribution >= 0.6 is 0 Å². The predicted octanol–water partition coefficient (Wildman–Crippen LogP) is 2.66. The van der Waals surface area contributed by atoms with Gasteiger partial charge in [0, 0.05) is 19.3 Å². The van der Waals surface area contributed by atoms with E-state index in [1.54, 1.807) is 4.90 Å². The van der Waals surface area contributed by atoms with E-state index in [-0.39, 0.29) is 23.7 Å². The molecule has 1 fully saturated rings. The number of likely N-dealkylation sites (tertiary alicyclic amines) is 1. The highest BCUT2D eigenvalue weighted by Crippen LogP contribution is 2.25. The lowest BCUT2D eigenvalue weighted by molar-refractivity contribution is -0.162. The second kappa shape index (κ2) is 6.64. The number of amides is 1. The molecule has 0 aromatic carbocycles. The summed E-state index contributed by atoms with van der Waals surface area (Å²) in [4.78, 5) is 29.9. The van der Waals surface area contributed by atoms with Gasteiger partial charge in [0.05, 0.1) is 11.5 Å². The summed E-state index contributed by atoms with van der Waals surface area (Å²) in [7, 11) is 0. The minimum absolute atomic E-state index is 0.193. The lowest BCUT2D eigenvalue weighted by atomic mass is 9.90. The van der Waals surface area contributed by atoms with Crippen molar-refractivity contribution >= 4 is 11.9 Å². The fourth-order valence-electron chi connectivity index (χ4n) is 2.76. The van der Waals surface area contributed by atoms with E-state index in [0.29, 0.717) is 25.1 Å². The molecule has 1 aromatic heterocycles. The average molecular weight is 322 g/mol. The van der Waals surface area contributed by atoms with Gasteiger partial charge in [-0.05, 0) is 45.2 Å². The lowest BCUT2D eigenvalue weighted by Crippen LogP contribution is -2.46. The predicted molar refractivity (Wildman–Crippen MR) is 83.2 cm³/mol. The Morgan fingerprint density at radius 3 is 2.57 bits per heavy atom. The van der Waals surface area contributed by atoms with Gasteiger partial charge in [0.1, 0.15) is 5.60 Å². The van der Waals surface area contributed by atoms with E-state index in [0.717, 1.165) is 6.07 Å². The number of piperidine rings is 1. The molecule has 126 valence electrons. The van der Waals surface area contributed by atoms with E-state index in [2.05, 4.69) is 4.98 Å². The largest absolute Gasteiger partial charge is 0.460 e. The Balaban J connectivity index is 2.09. The monoisotopic (exact) mass is 322 g/mol. The van der Waals surface area contributed by atoms with Crippen LogP contribution in [0, 0.1) is 17.8 Å². The SMILES string of the molecule is CC1CC(C(=O)OC(C)(C)C)CN(C(=O)c2ccc(F)nc2)C1. The van der Waals surface area contributed by atoms with Gasteiger partial charge in [-0.25, -0.2) is 4.98 Å². The molecule has 0 aliphatic carbocycles. The molecule has 0 bridgehead atoms. The summed E-state index contributed by atoms with van der Waals surface area (Å²) in [5.41, 5.74) is -0.226. The molecule has 1 amide bonds. The Bertz CT molecular complexity index is 580. The first kappa shape index (κ1) is 17.4. The number of ether oxygens (including phenoxy) is 1. The summed E-state index contributed by atoms with van der Waals surface area (Å²) in [6, 6.07) is 2.57. The first-order valence-corrected chi connectivity index (χ1v) is 7.79. The van der Waals surface area contributed by atoms with Crippen molar-refractivity contribution in [3.8, 4) is 0 Å². The van der Waals surface area contributed by atoms with Crippen LogP contribution in [0.4, 0.5) is 4.39 Å². The highest BCUT2D eigenvalue weighted by molar-refractivity contribution is 5.94. The van der Waals surface area contributed by atoms with Crippen LogP contribution in [0.2, 0.25) is 0 Å². The van der Waals surface area contributed by atoms with Crippen molar-refractivity contribution in [3.05, 3.63) is 29.8 Å². The molecule has 23 heavy (non-hydrogen) atoms. The summed E-state index contributed by atoms with van der Waals surface area (Å²) >= 11 is 0. The molecule has 1 aromatic rings. The summed E-state index contributed by atoms with van der Waals surface area (Å²) in [5, 5.41) is 0. The number of hydrogen-bond donors (Lipinski definition) is 0. The average Bonchev–Trinajstić information content (AvgIpc) is 2.45. The van der Waals surface area contributed by atoms with Gasteiger partial charge < -0.3 is 9.64 Å². The zero-order valence-corrected chi connectivity index (χ0v) is 14.0. The Kier molecular flexibility index (Phi) is 5.02. The molecule has 0 spiro atoms. The number of carbonyl (C=O) groups excluding carboxylic acids is 2. The lowest BCUT2D eigenvalue weighted by Gasteiger charge is -2.36. The zero-order valence-electron chi connectivity index (χ0n) is 14.0. The van der Waals surface area contributed by atoms with Crippen molar-refractivity contribution in [1.82, 2.24) is 9.88 Å². The number of halogens is 1. The van der Waals surface area contributed by atoms with Crippen LogP contribution in [-0.2, 0) is 9.53 Å². The van der Waals surface area contributed by atoms with Crippen LogP contribution in [0.1, 0.15) is 44.5 Å². The van der Waals surface area contributed by atoms with Crippen molar-refractivity contribution in [2.75, 3.05) is 13.1 Å². The van der Waals surface area contributed by atoms with E-state index in [1.807, 2.05) is 27.7 Å². The Hall–Kier alpha value is -1.98. The maximum absolute atomic E-state index is 12.9. The van der Waals surface area contributed by atoms with E-state index >= 15 is 0 Å². The maximum atomic E-state index is 12.9. The number of esters is 1. The van der Waals surface area contributed by atoms with Crippen molar-refractivity contribution in [1.29, 1.82) is 0 Å². The van der Waals surface area contributed by atoms with E-state index < -0.39 is 11.5 Å². The van der Waals surface area contributed by atoms with Crippen LogP contribution in [-0.4, -0.2) is 40.5 Å². The van der Waals surface area contributed by atoms with Gasteiger partial charge in [0.25, 0.3) is 5.91 Å². The van der Waals surface area contributed by atoms with Crippen LogP contribution in [0.5, 0.6) is 0 Å². The molecule has 0 saturated carbocycles. The molecule has 2 rings (SSSR count). The van der Waals surface area contributed by atoms with Crippen molar-refractivity contribution in [2.24, 2.45) is 11.8 Å². The molecular formula is C17H23FN2O3. The van der Waals surface area contributed by atoms with E-state index in [4.69, 9.17) is 4.74 Å². The Morgan fingerprint density at radius 1 is 1.30 bits per heavy atom. The smallest absolute Gasteiger partial charge is 0.311 e. The number of nitrogens with zero attached hydrogens (tertiary/aromatic N) is 2. The molecular weight excluding hydrogens is 299 g/mol. The highest BCUT2D eigenvalue weighted by Gasteiger charge is 2.34. The van der Waals surface area contributed by atoms with Gasteiger partial charge in [-0.3, -0.25) is 9.59 Å². The molecule has 1 saturated heterocycles. The van der Waals surface area contributed by atoms with E-state index in [1.165, 1.54) is 12.3 Å². The van der Waals surface area contributed by atoms with Crippen LogP contribution in [0.15, 0.2) is 18.3 Å². The molecule has 5 nitrogen and oxygen atoms in total. The maximum Gasteiger partial charge on any atom is 0.311 e. The number of aromatic nitrogens is 1. The third-order valence-corrected chi connectivity index (χ3v) is 3.66. The first-order valence-electron chi connectivity index (χ1n) is 7.79. The van der Waals surface area contributed by atoms with Gasteiger partial charge in [-0.1, -0.05) is 6.92 Å². The van der Waals surface area contributed by atoms with Gasteiger partial charge in [0.2, 0.25) is 5.95 Å². The molecule has 2 atom stereocenters. The van der Waals surface area contributed by atoms with Gasteiger partial charge >= 0.3 is 5.97 Å².